The molecule has 0 spiro atoms. The molecule has 0 saturated carbocycles. The van der Waals surface area contributed by atoms with Crippen LogP contribution in [0.3, 0.4) is 0 Å². The van der Waals surface area contributed by atoms with E-state index >= 15 is 0 Å². The molecule has 0 aliphatic rings. The molecule has 0 atom stereocenters. The summed E-state index contributed by atoms with van der Waals surface area (Å²) >= 11 is 0. The van der Waals surface area contributed by atoms with E-state index in [0.29, 0.717) is 23.0 Å². The molecule has 0 unspecified atom stereocenters. The fourth-order valence-electron chi connectivity index (χ4n) is 3.90. The van der Waals surface area contributed by atoms with Crippen LogP contribution in [0.15, 0.2) is 89.9 Å². The summed E-state index contributed by atoms with van der Waals surface area (Å²) in [4.78, 5) is 30.0. The van der Waals surface area contributed by atoms with Crippen molar-refractivity contribution in [1.29, 1.82) is 0 Å². The molecule has 6 heteroatoms. The molecule has 3 aromatic carbocycles. The number of aryl methyl sites for hydroxylation is 1. The lowest BCUT2D eigenvalue weighted by molar-refractivity contribution is 0.0953. The Morgan fingerprint density at radius 3 is 2.47 bits per heavy atom. The summed E-state index contributed by atoms with van der Waals surface area (Å²) in [5, 5.41) is 7.41. The molecule has 1 amide bonds. The van der Waals surface area contributed by atoms with Crippen molar-refractivity contribution in [2.45, 2.75) is 12.8 Å². The van der Waals surface area contributed by atoms with E-state index in [0.717, 1.165) is 29.4 Å². The van der Waals surface area contributed by atoms with Crippen LogP contribution >= 0.6 is 0 Å². The molecular formula is C26H22N4O2. The maximum absolute atomic E-state index is 12.9. The first-order valence-corrected chi connectivity index (χ1v) is 10.6. The summed E-state index contributed by atoms with van der Waals surface area (Å²) in [5.41, 5.74) is 3.76. The summed E-state index contributed by atoms with van der Waals surface area (Å²) in [7, 11) is 0. The molecule has 2 aromatic heterocycles. The molecule has 158 valence electrons. The van der Waals surface area contributed by atoms with Crippen LogP contribution in [-0.2, 0) is 6.42 Å². The fourth-order valence-corrected chi connectivity index (χ4v) is 3.90. The third-order valence-corrected chi connectivity index (χ3v) is 5.57. The lowest BCUT2D eigenvalue weighted by Crippen LogP contribution is -2.24. The highest BCUT2D eigenvalue weighted by Gasteiger charge is 2.14. The number of nitrogens with one attached hydrogen (secondary N) is 2. The van der Waals surface area contributed by atoms with E-state index < -0.39 is 0 Å². The lowest BCUT2D eigenvalue weighted by Gasteiger charge is -2.07. The van der Waals surface area contributed by atoms with E-state index in [-0.39, 0.29) is 11.5 Å². The normalized spacial score (nSPS) is 11.1. The first-order chi connectivity index (χ1) is 15.7. The summed E-state index contributed by atoms with van der Waals surface area (Å²) in [6.07, 6.45) is 3.36. The van der Waals surface area contributed by atoms with Crippen LogP contribution in [0.4, 0.5) is 0 Å². The van der Waals surface area contributed by atoms with Gasteiger partial charge in [-0.15, -0.1) is 0 Å². The van der Waals surface area contributed by atoms with E-state index in [1.807, 2.05) is 54.6 Å². The number of fused-ring (bicyclic) bond motifs is 3. The van der Waals surface area contributed by atoms with E-state index in [9.17, 15) is 9.59 Å². The van der Waals surface area contributed by atoms with Crippen molar-refractivity contribution in [3.05, 3.63) is 107 Å². The van der Waals surface area contributed by atoms with Gasteiger partial charge < -0.3 is 5.32 Å². The van der Waals surface area contributed by atoms with Crippen LogP contribution in [0.5, 0.6) is 0 Å². The van der Waals surface area contributed by atoms with Gasteiger partial charge >= 0.3 is 0 Å². The standard InChI is InChI=1S/C26H22N4O2/c31-25(27-15-7-10-18-8-3-1-4-9-18)19-13-14-23-21(16-19)24-22(17-28-23)26(32)30(29-24)20-11-5-2-6-12-20/h1-6,8-9,11-14,16-17,29H,7,10,15H2,(H,27,31). The van der Waals surface area contributed by atoms with Gasteiger partial charge in [0.15, 0.2) is 0 Å². The maximum Gasteiger partial charge on any atom is 0.280 e. The number of para-hydroxylation sites is 1. The number of rotatable bonds is 6. The third-order valence-electron chi connectivity index (χ3n) is 5.57. The topological polar surface area (TPSA) is 79.8 Å². The van der Waals surface area contributed by atoms with E-state index in [2.05, 4.69) is 27.5 Å². The predicted molar refractivity (Wildman–Crippen MR) is 126 cm³/mol. The van der Waals surface area contributed by atoms with Gasteiger partial charge in [0.1, 0.15) is 0 Å². The Hall–Kier alpha value is -4.19. The Kier molecular flexibility index (Phi) is 5.25. The van der Waals surface area contributed by atoms with Crippen LogP contribution in [0, 0.1) is 0 Å². The molecule has 2 N–H and O–H groups in total. The molecule has 0 fully saturated rings. The molecule has 32 heavy (non-hydrogen) atoms. The van der Waals surface area contributed by atoms with Gasteiger partial charge in [0.25, 0.3) is 11.5 Å². The van der Waals surface area contributed by atoms with Crippen molar-refractivity contribution in [1.82, 2.24) is 20.1 Å². The number of H-pyrrole nitrogens is 1. The Morgan fingerprint density at radius 1 is 0.938 bits per heavy atom. The van der Waals surface area contributed by atoms with Gasteiger partial charge in [-0.1, -0.05) is 48.5 Å². The Labute approximate surface area is 184 Å². The van der Waals surface area contributed by atoms with E-state index in [1.165, 1.54) is 10.2 Å². The maximum atomic E-state index is 12.9. The Morgan fingerprint density at radius 2 is 1.69 bits per heavy atom. The Bertz CT molecular complexity index is 1450. The number of hydrogen-bond acceptors (Lipinski definition) is 3. The number of hydrogen-bond donors (Lipinski definition) is 2. The number of nitrogens with zero attached hydrogens (tertiary/aromatic N) is 2. The van der Waals surface area contributed by atoms with Gasteiger partial charge in [-0.2, -0.15) is 0 Å². The van der Waals surface area contributed by atoms with Gasteiger partial charge in [-0.3, -0.25) is 19.7 Å². The first-order valence-electron chi connectivity index (χ1n) is 10.6. The molecule has 5 aromatic rings. The second-order valence-corrected chi connectivity index (χ2v) is 7.71. The van der Waals surface area contributed by atoms with Crippen molar-refractivity contribution in [3.8, 4) is 5.69 Å². The van der Waals surface area contributed by atoms with Gasteiger partial charge in [0, 0.05) is 23.7 Å². The minimum absolute atomic E-state index is 0.137. The number of aromatic amines is 1. The fraction of sp³-hybridized carbons (Fsp3) is 0.115. The second-order valence-electron chi connectivity index (χ2n) is 7.71. The van der Waals surface area contributed by atoms with Crippen molar-refractivity contribution < 1.29 is 4.79 Å². The highest BCUT2D eigenvalue weighted by Crippen LogP contribution is 2.22. The average Bonchev–Trinajstić information content (AvgIpc) is 3.19. The van der Waals surface area contributed by atoms with Crippen LogP contribution in [0.1, 0.15) is 22.3 Å². The van der Waals surface area contributed by atoms with Gasteiger partial charge in [0.05, 0.1) is 22.1 Å². The van der Waals surface area contributed by atoms with Crippen LogP contribution < -0.4 is 10.9 Å². The number of carbonyl (C=O) groups excluding carboxylic acids is 1. The quantitative estimate of drug-likeness (QED) is 0.402. The monoisotopic (exact) mass is 422 g/mol. The number of aromatic nitrogens is 3. The number of amides is 1. The highest BCUT2D eigenvalue weighted by molar-refractivity contribution is 6.06. The zero-order valence-electron chi connectivity index (χ0n) is 17.4. The number of benzene rings is 3. The number of pyridine rings is 1. The van der Waals surface area contributed by atoms with Crippen molar-refractivity contribution in [2.75, 3.05) is 6.54 Å². The zero-order chi connectivity index (χ0) is 21.9. The zero-order valence-corrected chi connectivity index (χ0v) is 17.4. The number of carbonyl (C=O) groups is 1. The molecule has 0 radical (unpaired) electrons. The third kappa shape index (κ3) is 3.78. The van der Waals surface area contributed by atoms with E-state index in [1.54, 1.807) is 18.3 Å². The van der Waals surface area contributed by atoms with Crippen molar-refractivity contribution in [2.24, 2.45) is 0 Å². The SMILES string of the molecule is O=C(NCCCc1ccccc1)c1ccc2ncc3c(=O)n(-c4ccccc4)[nH]c3c2c1. The van der Waals surface area contributed by atoms with Crippen molar-refractivity contribution >= 4 is 27.7 Å². The average molecular weight is 422 g/mol. The van der Waals surface area contributed by atoms with Gasteiger partial charge in [0.2, 0.25) is 0 Å². The molecular weight excluding hydrogens is 400 g/mol. The first kappa shape index (κ1) is 19.8. The van der Waals surface area contributed by atoms with Crippen LogP contribution in [-0.4, -0.2) is 27.2 Å². The molecule has 0 aliphatic heterocycles. The highest BCUT2D eigenvalue weighted by atomic mass is 16.1. The summed E-state index contributed by atoms with van der Waals surface area (Å²) in [6.45, 7) is 0.593. The Balaban J connectivity index is 1.40. The van der Waals surface area contributed by atoms with E-state index in [4.69, 9.17) is 0 Å². The molecule has 0 aliphatic carbocycles. The predicted octanol–water partition coefficient (Wildman–Crippen LogP) is 4.23. The lowest BCUT2D eigenvalue weighted by atomic mass is 10.1. The smallest absolute Gasteiger partial charge is 0.280 e. The summed E-state index contributed by atoms with van der Waals surface area (Å²) in [6, 6.07) is 25.0. The molecule has 6 nitrogen and oxygen atoms in total. The summed E-state index contributed by atoms with van der Waals surface area (Å²) in [5.74, 6) is -0.137. The molecule has 2 heterocycles. The molecule has 5 rings (SSSR count). The largest absolute Gasteiger partial charge is 0.352 e. The van der Waals surface area contributed by atoms with Crippen LogP contribution in [0.2, 0.25) is 0 Å². The minimum atomic E-state index is -0.170. The summed E-state index contributed by atoms with van der Waals surface area (Å²) < 4.78 is 1.50. The van der Waals surface area contributed by atoms with Crippen molar-refractivity contribution in [3.63, 3.8) is 0 Å². The van der Waals surface area contributed by atoms with Crippen LogP contribution in [0.25, 0.3) is 27.5 Å². The van der Waals surface area contributed by atoms with Gasteiger partial charge in [-0.05, 0) is 48.7 Å². The molecule has 0 saturated heterocycles. The molecule has 0 bridgehead atoms. The second kappa shape index (κ2) is 8.51. The van der Waals surface area contributed by atoms with Gasteiger partial charge in [-0.25, -0.2) is 4.68 Å². The minimum Gasteiger partial charge on any atom is -0.352 e.